The second-order valence-corrected chi connectivity index (χ2v) is 7.94. The largest absolute Gasteiger partial charge is 0.311 e. The average molecular weight is 444 g/mol. The molecule has 3 aromatic heterocycles. The van der Waals surface area contributed by atoms with Gasteiger partial charge in [0.1, 0.15) is 0 Å². The monoisotopic (exact) mass is 443 g/mol. The van der Waals surface area contributed by atoms with Gasteiger partial charge >= 0.3 is 0 Å². The Balaban J connectivity index is 1.39. The van der Waals surface area contributed by atoms with E-state index in [0.29, 0.717) is 0 Å². The quantitative estimate of drug-likeness (QED) is 0.281. The molecule has 0 atom stereocenters. The highest BCUT2D eigenvalue weighted by molar-refractivity contribution is 5.80. The van der Waals surface area contributed by atoms with Crippen molar-refractivity contribution < 1.29 is 0 Å². The lowest BCUT2D eigenvalue weighted by Gasteiger charge is -2.26. The van der Waals surface area contributed by atoms with E-state index >= 15 is 0 Å². The van der Waals surface area contributed by atoms with Crippen molar-refractivity contribution in [3.05, 3.63) is 110 Å². The molecule has 0 fully saturated rings. The molecule has 0 bridgehead atoms. The molecule has 0 amide bonds. The maximum atomic E-state index is 4.06. The molecule has 164 valence electrons. The zero-order valence-electron chi connectivity index (χ0n) is 18.2. The van der Waals surface area contributed by atoms with Gasteiger partial charge in [-0.1, -0.05) is 36.4 Å². The SMILES string of the molecule is c1cc(N(c2ccc(-c3cn[nH]c3)cc2)c2ccc(-c3cn[nH]c3)cc2)ccc1-c1cn[nH]c1. The fourth-order valence-electron chi connectivity index (χ4n) is 4.08. The second-order valence-electron chi connectivity index (χ2n) is 7.94. The van der Waals surface area contributed by atoms with Gasteiger partial charge in [0.05, 0.1) is 18.6 Å². The lowest BCUT2D eigenvalue weighted by atomic mass is 10.1. The maximum Gasteiger partial charge on any atom is 0.0565 e. The third-order valence-electron chi connectivity index (χ3n) is 5.87. The smallest absolute Gasteiger partial charge is 0.0565 e. The topological polar surface area (TPSA) is 89.3 Å². The molecule has 0 saturated carbocycles. The Morgan fingerprint density at radius 2 is 0.676 bits per heavy atom. The average Bonchev–Trinajstić information content (AvgIpc) is 3.69. The zero-order chi connectivity index (χ0) is 22.7. The number of hydrogen-bond acceptors (Lipinski definition) is 4. The maximum absolute atomic E-state index is 4.06. The first kappa shape index (κ1) is 19.8. The van der Waals surface area contributed by atoms with Crippen LogP contribution in [0.25, 0.3) is 33.4 Å². The summed E-state index contributed by atoms with van der Waals surface area (Å²) in [7, 11) is 0. The van der Waals surface area contributed by atoms with Crippen molar-refractivity contribution in [2.45, 2.75) is 0 Å². The van der Waals surface area contributed by atoms with Crippen molar-refractivity contribution in [2.24, 2.45) is 0 Å². The van der Waals surface area contributed by atoms with Gasteiger partial charge in [-0.05, 0) is 53.1 Å². The summed E-state index contributed by atoms with van der Waals surface area (Å²) in [4.78, 5) is 2.25. The summed E-state index contributed by atoms with van der Waals surface area (Å²) >= 11 is 0. The number of anilines is 3. The highest BCUT2D eigenvalue weighted by Gasteiger charge is 2.14. The summed E-state index contributed by atoms with van der Waals surface area (Å²) < 4.78 is 0. The fraction of sp³-hybridized carbons (Fsp3) is 0. The van der Waals surface area contributed by atoms with Gasteiger partial charge in [-0.2, -0.15) is 15.3 Å². The Morgan fingerprint density at radius 1 is 0.382 bits per heavy atom. The number of hydrogen-bond donors (Lipinski definition) is 3. The summed E-state index contributed by atoms with van der Waals surface area (Å²) in [6, 6.07) is 25.5. The lowest BCUT2D eigenvalue weighted by molar-refractivity contribution is 1.09. The van der Waals surface area contributed by atoms with E-state index in [0.717, 1.165) is 50.4 Å². The van der Waals surface area contributed by atoms with Gasteiger partial charge in [-0.25, -0.2) is 0 Å². The summed E-state index contributed by atoms with van der Waals surface area (Å²) in [5, 5.41) is 20.8. The Morgan fingerprint density at radius 3 is 0.912 bits per heavy atom. The summed E-state index contributed by atoms with van der Waals surface area (Å²) in [5.41, 5.74) is 9.73. The van der Waals surface area contributed by atoms with Gasteiger partial charge in [-0.3, -0.25) is 15.3 Å². The molecule has 0 aliphatic rings. The molecular weight excluding hydrogens is 422 g/mol. The fourth-order valence-corrected chi connectivity index (χ4v) is 4.08. The molecule has 7 nitrogen and oxygen atoms in total. The van der Waals surface area contributed by atoms with Crippen LogP contribution in [0, 0.1) is 0 Å². The minimum atomic E-state index is 1.06. The van der Waals surface area contributed by atoms with E-state index in [9.17, 15) is 0 Å². The van der Waals surface area contributed by atoms with E-state index < -0.39 is 0 Å². The summed E-state index contributed by atoms with van der Waals surface area (Å²) in [5.74, 6) is 0. The number of aromatic amines is 3. The minimum Gasteiger partial charge on any atom is -0.311 e. The molecule has 3 N–H and O–H groups in total. The minimum absolute atomic E-state index is 1.06. The van der Waals surface area contributed by atoms with Crippen LogP contribution in [0.15, 0.2) is 110 Å². The first-order valence-electron chi connectivity index (χ1n) is 10.9. The Bertz CT molecular complexity index is 1260. The highest BCUT2D eigenvalue weighted by Crippen LogP contribution is 2.37. The number of H-pyrrole nitrogens is 3. The molecule has 3 aromatic carbocycles. The Hall–Kier alpha value is -4.91. The van der Waals surface area contributed by atoms with Gasteiger partial charge in [-0.15, -0.1) is 0 Å². The van der Waals surface area contributed by atoms with Crippen LogP contribution < -0.4 is 4.90 Å². The van der Waals surface area contributed by atoms with Gasteiger partial charge in [0.25, 0.3) is 0 Å². The van der Waals surface area contributed by atoms with Crippen LogP contribution in [0.4, 0.5) is 17.1 Å². The first-order valence-corrected chi connectivity index (χ1v) is 10.9. The van der Waals surface area contributed by atoms with Crippen LogP contribution in [-0.4, -0.2) is 30.6 Å². The number of benzene rings is 3. The summed E-state index contributed by atoms with van der Waals surface area (Å²) in [6.07, 6.45) is 11.2. The molecule has 3 heterocycles. The van der Waals surface area contributed by atoms with Crippen molar-refractivity contribution in [3.8, 4) is 33.4 Å². The third-order valence-corrected chi connectivity index (χ3v) is 5.87. The molecule has 0 unspecified atom stereocenters. The van der Waals surface area contributed by atoms with Crippen molar-refractivity contribution >= 4 is 17.1 Å². The van der Waals surface area contributed by atoms with Gasteiger partial charge in [0.15, 0.2) is 0 Å². The van der Waals surface area contributed by atoms with Crippen molar-refractivity contribution in [1.82, 2.24) is 30.6 Å². The molecule has 0 spiro atoms. The van der Waals surface area contributed by atoms with Crippen LogP contribution in [0.1, 0.15) is 0 Å². The number of nitrogens with zero attached hydrogens (tertiary/aromatic N) is 4. The van der Waals surface area contributed by atoms with E-state index in [-0.39, 0.29) is 0 Å². The molecule has 0 saturated heterocycles. The molecule has 6 aromatic rings. The zero-order valence-corrected chi connectivity index (χ0v) is 18.2. The predicted octanol–water partition coefficient (Wildman–Crippen LogP) is 6.33. The normalized spacial score (nSPS) is 10.9. The number of rotatable bonds is 6. The Labute approximate surface area is 196 Å². The van der Waals surface area contributed by atoms with Crippen LogP contribution in [-0.2, 0) is 0 Å². The molecule has 0 aliphatic heterocycles. The van der Waals surface area contributed by atoms with E-state index in [2.05, 4.69) is 108 Å². The van der Waals surface area contributed by atoms with Crippen LogP contribution in [0.5, 0.6) is 0 Å². The Kier molecular flexibility index (Phi) is 4.97. The predicted molar refractivity (Wildman–Crippen MR) is 134 cm³/mol. The van der Waals surface area contributed by atoms with E-state index in [1.807, 2.05) is 37.2 Å². The van der Waals surface area contributed by atoms with Gasteiger partial charge in [0, 0.05) is 52.3 Å². The van der Waals surface area contributed by atoms with Gasteiger partial charge < -0.3 is 4.90 Å². The van der Waals surface area contributed by atoms with Crippen molar-refractivity contribution in [2.75, 3.05) is 4.90 Å². The van der Waals surface area contributed by atoms with Crippen LogP contribution >= 0.6 is 0 Å². The molecular formula is C27H21N7. The van der Waals surface area contributed by atoms with Crippen molar-refractivity contribution in [1.29, 1.82) is 0 Å². The molecule has 0 aliphatic carbocycles. The van der Waals surface area contributed by atoms with E-state index in [1.165, 1.54) is 0 Å². The van der Waals surface area contributed by atoms with E-state index in [1.54, 1.807) is 0 Å². The molecule has 7 heteroatoms. The lowest BCUT2D eigenvalue weighted by Crippen LogP contribution is -2.09. The van der Waals surface area contributed by atoms with Crippen molar-refractivity contribution in [3.63, 3.8) is 0 Å². The first-order chi connectivity index (χ1) is 16.8. The van der Waals surface area contributed by atoms with Gasteiger partial charge in [0.2, 0.25) is 0 Å². The van der Waals surface area contributed by atoms with Crippen LogP contribution in [0.2, 0.25) is 0 Å². The molecule has 0 radical (unpaired) electrons. The number of nitrogens with one attached hydrogen (secondary N) is 3. The molecule has 34 heavy (non-hydrogen) atoms. The third kappa shape index (κ3) is 3.75. The number of aromatic nitrogens is 6. The highest BCUT2D eigenvalue weighted by atomic mass is 15.1. The van der Waals surface area contributed by atoms with E-state index in [4.69, 9.17) is 0 Å². The standard InChI is InChI=1S/C27H21N7/c1-7-25(8-2-19(1)22-13-28-29-14-22)34(26-9-3-20(4-10-26)23-15-30-31-16-23)27-11-5-21(6-12-27)24-17-32-33-18-24/h1-18H,(H,28,29)(H,30,31)(H,32,33). The molecule has 6 rings (SSSR count). The summed E-state index contributed by atoms with van der Waals surface area (Å²) in [6.45, 7) is 0. The van der Waals surface area contributed by atoms with Crippen LogP contribution in [0.3, 0.4) is 0 Å². The second kappa shape index (κ2) is 8.55.